The van der Waals surface area contributed by atoms with E-state index in [2.05, 4.69) is 47.5 Å². The molecule has 3 rings (SSSR count). The predicted molar refractivity (Wildman–Crippen MR) is 83.7 cm³/mol. The molecule has 2 heterocycles. The monoisotopic (exact) mass is 269 g/mol. The third-order valence-electron chi connectivity index (χ3n) is 4.18. The van der Waals surface area contributed by atoms with Crippen molar-refractivity contribution in [3.63, 3.8) is 0 Å². The Kier molecular flexibility index (Phi) is 4.28. The predicted octanol–water partition coefficient (Wildman–Crippen LogP) is 2.81. The number of rotatable bonds is 4. The number of nitrogens with zero attached hydrogens (tertiary/aromatic N) is 2. The van der Waals surface area contributed by atoms with Crippen LogP contribution in [0.15, 0.2) is 36.4 Å². The highest BCUT2D eigenvalue weighted by Crippen LogP contribution is 2.13. The second kappa shape index (κ2) is 6.33. The molecule has 1 aromatic heterocycles. The molecule has 3 nitrogen and oxygen atoms in total. The molecule has 1 atom stereocenters. The summed E-state index contributed by atoms with van der Waals surface area (Å²) < 4.78 is 0. The SMILES string of the molecule is CCN1CCCC(NCc2ccc3ccccc3n2)C1. The summed E-state index contributed by atoms with van der Waals surface area (Å²) in [5.41, 5.74) is 2.22. The van der Waals surface area contributed by atoms with Gasteiger partial charge in [0.2, 0.25) is 0 Å². The first-order valence-electron chi connectivity index (χ1n) is 7.65. The summed E-state index contributed by atoms with van der Waals surface area (Å²) in [5.74, 6) is 0. The van der Waals surface area contributed by atoms with Crippen molar-refractivity contribution in [3.05, 3.63) is 42.1 Å². The van der Waals surface area contributed by atoms with Gasteiger partial charge in [-0.3, -0.25) is 4.98 Å². The van der Waals surface area contributed by atoms with Gasteiger partial charge in [-0.1, -0.05) is 31.2 Å². The number of aromatic nitrogens is 1. The van der Waals surface area contributed by atoms with E-state index < -0.39 is 0 Å². The molecule has 0 radical (unpaired) electrons. The first-order chi connectivity index (χ1) is 9.85. The van der Waals surface area contributed by atoms with Crippen LogP contribution in [-0.2, 0) is 6.54 Å². The highest BCUT2D eigenvalue weighted by Gasteiger charge is 2.17. The molecular weight excluding hydrogens is 246 g/mol. The number of hydrogen-bond donors (Lipinski definition) is 1. The summed E-state index contributed by atoms with van der Waals surface area (Å²) in [6.07, 6.45) is 2.58. The number of para-hydroxylation sites is 1. The van der Waals surface area contributed by atoms with E-state index in [4.69, 9.17) is 4.98 Å². The minimum absolute atomic E-state index is 0.608. The van der Waals surface area contributed by atoms with Crippen LogP contribution in [0.4, 0.5) is 0 Å². The van der Waals surface area contributed by atoms with E-state index in [1.54, 1.807) is 0 Å². The second-order valence-corrected chi connectivity index (χ2v) is 5.61. The standard InChI is InChI=1S/C17H23N3/c1-2-20-11-5-7-16(13-20)18-12-15-10-9-14-6-3-4-8-17(14)19-15/h3-4,6,8-10,16,18H,2,5,7,11-13H2,1H3. The van der Waals surface area contributed by atoms with Crippen LogP contribution in [0.25, 0.3) is 10.9 Å². The molecule has 1 aliphatic rings. The van der Waals surface area contributed by atoms with Gasteiger partial charge >= 0.3 is 0 Å². The molecule has 3 heteroatoms. The second-order valence-electron chi connectivity index (χ2n) is 5.61. The third-order valence-corrected chi connectivity index (χ3v) is 4.18. The zero-order valence-corrected chi connectivity index (χ0v) is 12.2. The molecule has 0 amide bonds. The van der Waals surface area contributed by atoms with Crippen LogP contribution in [0.2, 0.25) is 0 Å². The maximum Gasteiger partial charge on any atom is 0.0705 e. The zero-order valence-electron chi connectivity index (χ0n) is 12.2. The van der Waals surface area contributed by atoms with Gasteiger partial charge in [-0.25, -0.2) is 0 Å². The fourth-order valence-electron chi connectivity index (χ4n) is 2.96. The van der Waals surface area contributed by atoms with E-state index in [9.17, 15) is 0 Å². The molecule has 0 bridgehead atoms. The van der Waals surface area contributed by atoms with E-state index >= 15 is 0 Å². The molecule has 0 spiro atoms. The number of likely N-dealkylation sites (N-methyl/N-ethyl adjacent to an activating group) is 1. The van der Waals surface area contributed by atoms with Crippen LogP contribution in [-0.4, -0.2) is 35.6 Å². The van der Waals surface area contributed by atoms with Gasteiger partial charge in [-0.15, -0.1) is 0 Å². The topological polar surface area (TPSA) is 28.2 Å². The number of benzene rings is 1. The molecule has 1 fully saturated rings. The van der Waals surface area contributed by atoms with Gasteiger partial charge in [-0.2, -0.15) is 0 Å². The van der Waals surface area contributed by atoms with E-state index in [1.807, 2.05) is 6.07 Å². The van der Waals surface area contributed by atoms with Crippen LogP contribution in [0.1, 0.15) is 25.5 Å². The molecule has 106 valence electrons. The minimum atomic E-state index is 0.608. The summed E-state index contributed by atoms with van der Waals surface area (Å²) in [6.45, 7) is 6.69. The summed E-state index contributed by atoms with van der Waals surface area (Å²) in [6, 6.07) is 13.2. The van der Waals surface area contributed by atoms with Crippen molar-refractivity contribution in [2.24, 2.45) is 0 Å². The van der Waals surface area contributed by atoms with Crippen LogP contribution >= 0.6 is 0 Å². The van der Waals surface area contributed by atoms with Crippen molar-refractivity contribution < 1.29 is 0 Å². The Hall–Kier alpha value is -1.45. The Balaban J connectivity index is 1.61. The van der Waals surface area contributed by atoms with Gasteiger partial charge in [0, 0.05) is 24.5 Å². The van der Waals surface area contributed by atoms with Crippen molar-refractivity contribution in [2.45, 2.75) is 32.4 Å². The highest BCUT2D eigenvalue weighted by molar-refractivity contribution is 5.78. The Morgan fingerprint density at radius 2 is 2.15 bits per heavy atom. The molecule has 1 N–H and O–H groups in total. The van der Waals surface area contributed by atoms with Crippen molar-refractivity contribution in [3.8, 4) is 0 Å². The van der Waals surface area contributed by atoms with Gasteiger partial charge in [0.05, 0.1) is 11.2 Å². The van der Waals surface area contributed by atoms with E-state index in [1.165, 1.54) is 31.3 Å². The number of pyridine rings is 1. The zero-order chi connectivity index (χ0) is 13.8. The van der Waals surface area contributed by atoms with E-state index in [0.29, 0.717) is 6.04 Å². The maximum absolute atomic E-state index is 4.72. The smallest absolute Gasteiger partial charge is 0.0705 e. The van der Waals surface area contributed by atoms with E-state index in [0.717, 1.165) is 24.3 Å². The lowest BCUT2D eigenvalue weighted by Crippen LogP contribution is -2.45. The molecule has 1 aromatic carbocycles. The molecule has 1 aliphatic heterocycles. The summed E-state index contributed by atoms with van der Waals surface area (Å²) in [7, 11) is 0. The Bertz CT molecular complexity index is 567. The number of fused-ring (bicyclic) bond motifs is 1. The van der Waals surface area contributed by atoms with Gasteiger partial charge in [0.15, 0.2) is 0 Å². The molecule has 1 unspecified atom stereocenters. The summed E-state index contributed by atoms with van der Waals surface area (Å²) >= 11 is 0. The number of nitrogens with one attached hydrogen (secondary N) is 1. The first kappa shape index (κ1) is 13.5. The molecule has 20 heavy (non-hydrogen) atoms. The first-order valence-corrected chi connectivity index (χ1v) is 7.65. The lowest BCUT2D eigenvalue weighted by molar-refractivity contribution is 0.198. The summed E-state index contributed by atoms with van der Waals surface area (Å²) in [4.78, 5) is 7.25. The third kappa shape index (κ3) is 3.17. The van der Waals surface area contributed by atoms with Gasteiger partial charge in [-0.05, 0) is 38.1 Å². The summed E-state index contributed by atoms with van der Waals surface area (Å²) in [5, 5.41) is 4.88. The molecule has 0 aliphatic carbocycles. The minimum Gasteiger partial charge on any atom is -0.307 e. The lowest BCUT2D eigenvalue weighted by atomic mass is 10.1. The van der Waals surface area contributed by atoms with Crippen LogP contribution in [0.5, 0.6) is 0 Å². The van der Waals surface area contributed by atoms with Crippen LogP contribution < -0.4 is 5.32 Å². The van der Waals surface area contributed by atoms with Gasteiger partial charge < -0.3 is 10.2 Å². The van der Waals surface area contributed by atoms with Gasteiger partial charge in [0.1, 0.15) is 0 Å². The Labute approximate surface area is 121 Å². The quantitative estimate of drug-likeness (QED) is 0.925. The normalized spacial score (nSPS) is 20.4. The molecular formula is C17H23N3. The van der Waals surface area contributed by atoms with Crippen LogP contribution in [0, 0.1) is 0 Å². The van der Waals surface area contributed by atoms with Crippen molar-refractivity contribution in [1.82, 2.24) is 15.2 Å². The number of piperidine rings is 1. The average molecular weight is 269 g/mol. The molecule has 2 aromatic rings. The van der Waals surface area contributed by atoms with Gasteiger partial charge in [0.25, 0.3) is 0 Å². The largest absolute Gasteiger partial charge is 0.307 e. The lowest BCUT2D eigenvalue weighted by Gasteiger charge is -2.32. The molecule has 1 saturated heterocycles. The van der Waals surface area contributed by atoms with Crippen molar-refractivity contribution in [1.29, 1.82) is 0 Å². The Morgan fingerprint density at radius 1 is 1.25 bits per heavy atom. The number of likely N-dealkylation sites (tertiary alicyclic amines) is 1. The molecule has 0 saturated carbocycles. The fourth-order valence-corrected chi connectivity index (χ4v) is 2.96. The Morgan fingerprint density at radius 3 is 3.05 bits per heavy atom. The number of hydrogen-bond acceptors (Lipinski definition) is 3. The highest BCUT2D eigenvalue weighted by atomic mass is 15.2. The van der Waals surface area contributed by atoms with E-state index in [-0.39, 0.29) is 0 Å². The fraction of sp³-hybridized carbons (Fsp3) is 0.471. The maximum atomic E-state index is 4.72. The van der Waals surface area contributed by atoms with Crippen molar-refractivity contribution in [2.75, 3.05) is 19.6 Å². The van der Waals surface area contributed by atoms with Crippen molar-refractivity contribution >= 4 is 10.9 Å². The van der Waals surface area contributed by atoms with Crippen LogP contribution in [0.3, 0.4) is 0 Å². The average Bonchev–Trinajstić information content (AvgIpc) is 2.53.